The second-order valence-corrected chi connectivity index (χ2v) is 29.6. The Balaban J connectivity index is 0.000000134. The van der Waals surface area contributed by atoms with Crippen LogP contribution in [0.2, 0.25) is 0 Å². The van der Waals surface area contributed by atoms with Crippen molar-refractivity contribution in [3.8, 4) is 0 Å². The third-order valence-electron chi connectivity index (χ3n) is 18.3. The number of unbranched alkanes of at least 4 members (excludes halogenated alkanes) is 1. The number of nitrogens with one attached hydrogen (secondary N) is 5. The Morgan fingerprint density at radius 2 is 0.663 bits per heavy atom. The largest absolute Gasteiger partial charge is 0.369 e. The van der Waals surface area contributed by atoms with E-state index >= 15 is 0 Å². The number of anilines is 5. The molecular weight excluding hydrogens is 1350 g/mol. The fourth-order valence-electron chi connectivity index (χ4n) is 12.6. The fourth-order valence-corrected chi connectivity index (χ4v) is 17.0. The lowest BCUT2D eigenvalue weighted by Gasteiger charge is -2.32. The van der Waals surface area contributed by atoms with E-state index in [0.29, 0.717) is 85.2 Å². The summed E-state index contributed by atoms with van der Waals surface area (Å²) in [5.74, 6) is 3.01. The number of fused-ring (bicyclic) bond motifs is 5. The highest BCUT2D eigenvalue weighted by molar-refractivity contribution is 7.18. The first-order valence-corrected chi connectivity index (χ1v) is 37.4. The zero-order valence-corrected chi connectivity index (χ0v) is 59.5. The molecule has 4 aliphatic heterocycles. The van der Waals surface area contributed by atoms with Gasteiger partial charge in [-0.05, 0) is 92.9 Å². The Labute approximate surface area is 581 Å². The van der Waals surface area contributed by atoms with Gasteiger partial charge in [0.25, 0.3) is 51.4 Å². The molecule has 0 aromatic carbocycles. The molecule has 10 aromatic rings. The molecule has 10 aromatic heterocycles. The predicted octanol–water partition coefficient (Wildman–Crippen LogP) is 8.97. The van der Waals surface area contributed by atoms with E-state index in [0.717, 1.165) is 128 Å². The molecule has 0 unspecified atom stereocenters. The lowest BCUT2D eigenvalue weighted by Crippen LogP contribution is -2.38. The third-order valence-corrected chi connectivity index (χ3v) is 23.3. The van der Waals surface area contributed by atoms with Crippen molar-refractivity contribution < 1.29 is 19.2 Å². The minimum Gasteiger partial charge on any atom is -0.369 e. The summed E-state index contributed by atoms with van der Waals surface area (Å²) >= 11 is 6.34. The first-order valence-electron chi connectivity index (χ1n) is 33.0. The van der Waals surface area contributed by atoms with E-state index in [4.69, 9.17) is 28.7 Å². The van der Waals surface area contributed by atoms with Gasteiger partial charge in [-0.25, -0.2) is 24.9 Å². The van der Waals surface area contributed by atoms with Crippen molar-refractivity contribution in [1.82, 2.24) is 69.4 Å². The SMILES string of the molecule is CC1CCN(C(=O)c2csc3c(=O)[nH]c(N)nc23)CC1.CCC1CCN(C(=O)c2csc3c(=O)[nH]c(N)nc23)CC1.CCCC1CCN(C(=O)c2csc3c(=O)[nH]c(N)nc23)CC1.CCCCC1CCN(C(=O)c2csc3c(=O)[nH]c(N)nc23)CC1.Cc1csc2c(=O)[nH]c(N)nc12. The number of thiophene rings is 5. The molecule has 0 aliphatic carbocycles. The number of nitrogens with zero attached hydrogens (tertiary/aromatic N) is 9. The van der Waals surface area contributed by atoms with E-state index in [1.54, 1.807) is 21.5 Å². The van der Waals surface area contributed by atoms with Gasteiger partial charge in [0.15, 0.2) is 0 Å². The molecule has 0 radical (unpaired) electrons. The molecule has 0 saturated carbocycles. The first-order chi connectivity index (χ1) is 47.0. The molecule has 28 nitrogen and oxygen atoms in total. The third kappa shape index (κ3) is 16.6. The summed E-state index contributed by atoms with van der Waals surface area (Å²) in [5, 5.41) is 8.74. The number of nitrogen functional groups attached to an aromatic ring is 5. The van der Waals surface area contributed by atoms with Gasteiger partial charge in [0.2, 0.25) is 29.7 Å². The normalized spacial score (nSPS) is 15.7. The number of hydrogen-bond acceptors (Lipinski definition) is 24. The molecule has 0 atom stereocenters. The standard InChI is InChI=1S/C16H22N4O2S.C15H20N4O2S.C14H18N4O2S.C13H16N4O2S.C7H7N3OS/c1-2-3-4-10-5-7-20(8-6-10)15(22)11-9-23-13-12(11)18-16(17)19-14(13)21;1-2-3-9-4-6-19(7-5-9)14(21)10-8-22-12-11(10)17-15(16)18-13(12)20;1-2-8-3-5-18(6-4-8)13(20)9-7-21-11-10(9)16-14(15)17-12(11)19;1-7-2-4-17(5-3-7)12(19)8-6-20-10-9(8)15-13(14)16-11(10)18;1-3-2-12-5-4(3)9-7(8)10-6(5)11/h9-10H,2-8H2,1H3,(H3,17,18,19,21);8-9H,2-7H2,1H3,(H3,16,17,18,20);7-8H,2-6H2,1H3,(H3,15,16,17,19);6-7H,2-5H2,1H3,(H3,14,15,16,18);2H,1H3,(H3,8,9,10,11). The number of aryl methyl sites for hydroxylation is 1. The van der Waals surface area contributed by atoms with E-state index < -0.39 is 0 Å². The topological polar surface area (TPSA) is 440 Å². The van der Waals surface area contributed by atoms with Gasteiger partial charge in [-0.3, -0.25) is 68.1 Å². The number of nitrogens with two attached hydrogens (primary N) is 5. The maximum atomic E-state index is 12.8. The van der Waals surface area contributed by atoms with Gasteiger partial charge in [0.05, 0.1) is 27.8 Å². The summed E-state index contributed by atoms with van der Waals surface area (Å²) in [6.45, 7) is 16.9. The second-order valence-electron chi connectivity index (χ2n) is 25.2. The van der Waals surface area contributed by atoms with Gasteiger partial charge in [-0.1, -0.05) is 66.2 Å². The molecule has 15 N–H and O–H groups in total. The van der Waals surface area contributed by atoms with Crippen LogP contribution in [0.4, 0.5) is 29.7 Å². The summed E-state index contributed by atoms with van der Waals surface area (Å²) < 4.78 is 2.46. The van der Waals surface area contributed by atoms with Gasteiger partial charge >= 0.3 is 0 Å². The lowest BCUT2D eigenvalue weighted by molar-refractivity contribution is 0.0681. The molecule has 4 saturated heterocycles. The minimum absolute atomic E-state index is 0.0392. The highest BCUT2D eigenvalue weighted by Gasteiger charge is 2.30. The van der Waals surface area contributed by atoms with Gasteiger partial charge in [-0.15, -0.1) is 56.7 Å². The zero-order valence-electron chi connectivity index (χ0n) is 55.4. The number of carbonyl (C=O) groups is 4. The molecule has 33 heteroatoms. The molecule has 0 spiro atoms. The van der Waals surface area contributed by atoms with Crippen molar-refractivity contribution in [2.24, 2.45) is 23.7 Å². The van der Waals surface area contributed by atoms with Crippen molar-refractivity contribution in [3.63, 3.8) is 0 Å². The average molecular weight is 1430 g/mol. The maximum Gasteiger partial charge on any atom is 0.270 e. The van der Waals surface area contributed by atoms with Crippen molar-refractivity contribution >= 4 is 161 Å². The number of aromatic amines is 5. The Bertz CT molecular complexity index is 4820. The maximum absolute atomic E-state index is 12.8. The smallest absolute Gasteiger partial charge is 0.270 e. The molecule has 4 aliphatic rings. The van der Waals surface area contributed by atoms with Crippen LogP contribution in [0.1, 0.15) is 165 Å². The van der Waals surface area contributed by atoms with Crippen LogP contribution >= 0.6 is 56.7 Å². The van der Waals surface area contributed by atoms with Crippen LogP contribution in [-0.2, 0) is 0 Å². The number of aromatic nitrogens is 10. The van der Waals surface area contributed by atoms with Crippen LogP contribution in [0.25, 0.3) is 51.1 Å². The number of carbonyl (C=O) groups excluding carboxylic acids is 4. The van der Waals surface area contributed by atoms with Gasteiger partial charge in [0, 0.05) is 73.9 Å². The highest BCUT2D eigenvalue weighted by Crippen LogP contribution is 2.32. The summed E-state index contributed by atoms with van der Waals surface area (Å²) in [7, 11) is 0. The van der Waals surface area contributed by atoms with Gasteiger partial charge in [0.1, 0.15) is 45.6 Å². The van der Waals surface area contributed by atoms with E-state index in [9.17, 15) is 43.2 Å². The van der Waals surface area contributed by atoms with E-state index in [1.807, 2.05) is 31.9 Å². The second kappa shape index (κ2) is 32.2. The number of piperidine rings is 4. The summed E-state index contributed by atoms with van der Waals surface area (Å²) in [6.07, 6.45) is 15.7. The molecule has 4 fully saturated rings. The number of hydrogen-bond donors (Lipinski definition) is 10. The van der Waals surface area contributed by atoms with E-state index in [1.165, 1.54) is 88.8 Å². The molecule has 14 rings (SSSR count). The zero-order chi connectivity index (χ0) is 70.1. The molecule has 14 heterocycles. The molecule has 0 bridgehead atoms. The van der Waals surface area contributed by atoms with Crippen LogP contribution in [0.3, 0.4) is 0 Å². The highest BCUT2D eigenvalue weighted by atomic mass is 32.1. The Kier molecular flexibility index (Phi) is 23.6. The monoisotopic (exact) mass is 1430 g/mol. The number of H-pyrrole nitrogens is 5. The first kappa shape index (κ1) is 71.8. The Morgan fingerprint density at radius 3 is 0.959 bits per heavy atom. The summed E-state index contributed by atoms with van der Waals surface area (Å²) in [5.41, 5.74) is 31.8. The van der Waals surface area contributed by atoms with Crippen LogP contribution in [0, 0.1) is 30.6 Å². The lowest BCUT2D eigenvalue weighted by atomic mass is 9.91. The van der Waals surface area contributed by atoms with Crippen LogP contribution in [-0.4, -0.2) is 145 Å². The van der Waals surface area contributed by atoms with Gasteiger partial charge in [-0.2, -0.15) is 0 Å². The van der Waals surface area contributed by atoms with Crippen LogP contribution < -0.4 is 56.5 Å². The van der Waals surface area contributed by atoms with Crippen molar-refractivity contribution in [1.29, 1.82) is 0 Å². The fraction of sp³-hybridized carbons (Fsp3) is 0.477. The quantitative estimate of drug-likeness (QED) is 0.0610. The summed E-state index contributed by atoms with van der Waals surface area (Å²) in [4.78, 5) is 149. The average Bonchev–Trinajstić information content (AvgIpc) is 1.64. The summed E-state index contributed by atoms with van der Waals surface area (Å²) in [6, 6.07) is 0. The Hall–Kier alpha value is -8.92. The molecular formula is C65H83N19O9S5. The van der Waals surface area contributed by atoms with E-state index in [2.05, 4.69) is 77.5 Å². The van der Waals surface area contributed by atoms with Crippen LogP contribution in [0.15, 0.2) is 50.9 Å². The Morgan fingerprint density at radius 1 is 0.398 bits per heavy atom. The molecule has 98 heavy (non-hydrogen) atoms. The van der Waals surface area contributed by atoms with E-state index in [-0.39, 0.29) is 81.2 Å². The van der Waals surface area contributed by atoms with Crippen molar-refractivity contribution in [2.45, 2.75) is 125 Å². The number of amides is 4. The van der Waals surface area contributed by atoms with Crippen molar-refractivity contribution in [2.75, 3.05) is 81.0 Å². The number of likely N-dealkylation sites (tertiary alicyclic amines) is 4. The minimum atomic E-state index is -0.288. The van der Waals surface area contributed by atoms with Crippen molar-refractivity contribution in [3.05, 3.63) is 106 Å². The number of rotatable bonds is 10. The molecule has 522 valence electrons. The van der Waals surface area contributed by atoms with Gasteiger partial charge < -0.3 is 48.3 Å². The molecule has 4 amide bonds. The predicted molar refractivity (Wildman–Crippen MR) is 393 cm³/mol. The van der Waals surface area contributed by atoms with Crippen LogP contribution in [0.5, 0.6) is 0 Å².